The number of carbonyl (C=O) groups is 3. The van der Waals surface area contributed by atoms with Crippen LogP contribution in [-0.4, -0.2) is 28.5 Å². The van der Waals surface area contributed by atoms with E-state index < -0.39 is 6.04 Å². The van der Waals surface area contributed by atoms with Crippen molar-refractivity contribution in [2.75, 3.05) is 0 Å². The highest BCUT2D eigenvalue weighted by Crippen LogP contribution is 2.29. The Labute approximate surface area is 210 Å². The highest BCUT2D eigenvalue weighted by Gasteiger charge is 2.38. The molecule has 1 atom stereocenters. The number of amides is 2. The first-order chi connectivity index (χ1) is 17.5. The number of ketones is 1. The van der Waals surface area contributed by atoms with E-state index in [4.69, 9.17) is 4.74 Å². The van der Waals surface area contributed by atoms with Crippen molar-refractivity contribution in [3.8, 4) is 11.5 Å². The first-order valence-corrected chi connectivity index (χ1v) is 12.2. The topological polar surface area (TPSA) is 75.7 Å². The number of hydrogen-bond acceptors (Lipinski definition) is 4. The lowest BCUT2D eigenvalue weighted by atomic mass is 9.99. The van der Waals surface area contributed by atoms with Crippen molar-refractivity contribution in [3.05, 3.63) is 107 Å². The van der Waals surface area contributed by atoms with Crippen molar-refractivity contribution < 1.29 is 19.1 Å². The first-order valence-electron chi connectivity index (χ1n) is 12.2. The van der Waals surface area contributed by atoms with Gasteiger partial charge in [-0.05, 0) is 66.3 Å². The maximum atomic E-state index is 12.9. The molecule has 2 amide bonds. The Bertz CT molecular complexity index is 1330. The zero-order chi connectivity index (χ0) is 25.1. The molecule has 0 saturated carbocycles. The SMILES string of the molecule is C=C1CCC(N2Cc3cc(CCC(=O)Cc4cccc(Oc5ccccc5)c4)ccc3C2=O)C(=O)N1. The molecule has 0 bridgehead atoms. The number of aryl methyl sites for hydroxylation is 1. The number of nitrogens with one attached hydrogen (secondary N) is 1. The smallest absolute Gasteiger partial charge is 0.255 e. The number of fused-ring (bicyclic) bond motifs is 1. The predicted octanol–water partition coefficient (Wildman–Crippen LogP) is 4.97. The van der Waals surface area contributed by atoms with Gasteiger partial charge in [-0.3, -0.25) is 14.4 Å². The Kier molecular flexibility index (Phi) is 6.67. The molecule has 2 heterocycles. The standard InChI is InChI=1S/C30H28N2O4/c1-20-10-15-28(29(34)31-20)32-19-23-16-21(12-14-27(23)30(32)35)11-13-24(33)17-22-6-5-9-26(18-22)36-25-7-3-2-4-8-25/h2-9,12,14,16,18,28H,1,10-11,13,15,17,19H2,(H,31,34). The largest absolute Gasteiger partial charge is 0.457 e. The molecule has 36 heavy (non-hydrogen) atoms. The predicted molar refractivity (Wildman–Crippen MR) is 137 cm³/mol. The van der Waals surface area contributed by atoms with E-state index in [-0.39, 0.29) is 17.6 Å². The van der Waals surface area contributed by atoms with Gasteiger partial charge in [-0.2, -0.15) is 0 Å². The fourth-order valence-corrected chi connectivity index (χ4v) is 4.81. The average Bonchev–Trinajstić information content (AvgIpc) is 3.19. The third-order valence-corrected chi connectivity index (χ3v) is 6.67. The molecule has 0 radical (unpaired) electrons. The van der Waals surface area contributed by atoms with Gasteiger partial charge < -0.3 is 15.0 Å². The summed E-state index contributed by atoms with van der Waals surface area (Å²) in [6, 6.07) is 22.4. The van der Waals surface area contributed by atoms with Crippen LogP contribution in [0.1, 0.15) is 46.3 Å². The number of ether oxygens (including phenoxy) is 1. The van der Waals surface area contributed by atoms with Gasteiger partial charge in [-0.15, -0.1) is 0 Å². The molecule has 2 aliphatic heterocycles. The normalized spacial score (nSPS) is 17.1. The Balaban J connectivity index is 1.17. The maximum Gasteiger partial charge on any atom is 0.255 e. The van der Waals surface area contributed by atoms with E-state index in [0.29, 0.717) is 55.7 Å². The lowest BCUT2D eigenvalue weighted by molar-refractivity contribution is -0.126. The molecule has 182 valence electrons. The Hall–Kier alpha value is -4.19. The number of carbonyl (C=O) groups excluding carboxylic acids is 3. The second kappa shape index (κ2) is 10.2. The van der Waals surface area contributed by atoms with Gasteiger partial charge in [-0.1, -0.05) is 49.0 Å². The van der Waals surface area contributed by atoms with E-state index in [2.05, 4.69) is 11.9 Å². The molecule has 0 spiro atoms. The summed E-state index contributed by atoms with van der Waals surface area (Å²) in [6.45, 7) is 4.22. The highest BCUT2D eigenvalue weighted by atomic mass is 16.5. The molecule has 1 saturated heterocycles. The monoisotopic (exact) mass is 480 g/mol. The van der Waals surface area contributed by atoms with Gasteiger partial charge in [0.2, 0.25) is 5.91 Å². The number of para-hydroxylation sites is 1. The number of benzene rings is 3. The van der Waals surface area contributed by atoms with Crippen LogP contribution in [0.5, 0.6) is 11.5 Å². The van der Waals surface area contributed by atoms with Crippen LogP contribution in [0.2, 0.25) is 0 Å². The molecular weight excluding hydrogens is 452 g/mol. The fraction of sp³-hybridized carbons (Fsp3) is 0.233. The van der Waals surface area contributed by atoms with Crippen molar-refractivity contribution >= 4 is 17.6 Å². The second-order valence-corrected chi connectivity index (χ2v) is 9.35. The van der Waals surface area contributed by atoms with Crippen molar-refractivity contribution in [2.24, 2.45) is 0 Å². The van der Waals surface area contributed by atoms with Crippen molar-refractivity contribution in [2.45, 2.75) is 44.7 Å². The summed E-state index contributed by atoms with van der Waals surface area (Å²) >= 11 is 0. The van der Waals surface area contributed by atoms with E-state index in [9.17, 15) is 14.4 Å². The average molecular weight is 481 g/mol. The van der Waals surface area contributed by atoms with Gasteiger partial charge in [0.25, 0.3) is 5.91 Å². The van der Waals surface area contributed by atoms with E-state index in [1.54, 1.807) is 4.90 Å². The molecule has 1 fully saturated rings. The van der Waals surface area contributed by atoms with Gasteiger partial charge in [0, 0.05) is 30.6 Å². The summed E-state index contributed by atoms with van der Waals surface area (Å²) in [7, 11) is 0. The minimum absolute atomic E-state index is 0.113. The zero-order valence-corrected chi connectivity index (χ0v) is 20.0. The number of piperidine rings is 1. The van der Waals surface area contributed by atoms with E-state index >= 15 is 0 Å². The van der Waals surface area contributed by atoms with Gasteiger partial charge in [0.1, 0.15) is 23.3 Å². The van der Waals surface area contributed by atoms with Crippen LogP contribution in [0.3, 0.4) is 0 Å². The molecule has 3 aromatic carbocycles. The molecule has 5 rings (SSSR count). The molecule has 0 aromatic heterocycles. The molecule has 6 heteroatoms. The second-order valence-electron chi connectivity index (χ2n) is 9.35. The quantitative estimate of drug-likeness (QED) is 0.494. The molecule has 1 unspecified atom stereocenters. The summed E-state index contributed by atoms with van der Waals surface area (Å²) in [5.41, 5.74) is 4.17. The third-order valence-electron chi connectivity index (χ3n) is 6.67. The molecule has 1 N–H and O–H groups in total. The lowest BCUT2D eigenvalue weighted by Crippen LogP contribution is -2.49. The maximum absolute atomic E-state index is 12.9. The first kappa shape index (κ1) is 23.5. The van der Waals surface area contributed by atoms with Crippen LogP contribution in [-0.2, 0) is 29.0 Å². The van der Waals surface area contributed by atoms with Gasteiger partial charge in [0.15, 0.2) is 0 Å². The van der Waals surface area contributed by atoms with Gasteiger partial charge in [-0.25, -0.2) is 0 Å². The number of nitrogens with zero attached hydrogens (tertiary/aromatic N) is 1. The lowest BCUT2D eigenvalue weighted by Gasteiger charge is -2.30. The minimum atomic E-state index is -0.470. The number of allylic oxidation sites excluding steroid dienone is 1. The number of rotatable bonds is 8. The van der Waals surface area contributed by atoms with Crippen LogP contribution in [0.4, 0.5) is 0 Å². The Morgan fingerprint density at radius 1 is 0.972 bits per heavy atom. The summed E-state index contributed by atoms with van der Waals surface area (Å²) < 4.78 is 5.87. The minimum Gasteiger partial charge on any atom is -0.457 e. The van der Waals surface area contributed by atoms with Crippen LogP contribution in [0.25, 0.3) is 0 Å². The van der Waals surface area contributed by atoms with Crippen molar-refractivity contribution in [1.82, 2.24) is 10.2 Å². The number of Topliss-reactive ketones (excluding diaryl/α,β-unsaturated/α-hetero) is 1. The van der Waals surface area contributed by atoms with E-state index in [0.717, 1.165) is 22.4 Å². The van der Waals surface area contributed by atoms with E-state index in [1.807, 2.05) is 72.8 Å². The molecular formula is C30H28N2O4. The molecule has 2 aliphatic rings. The highest BCUT2D eigenvalue weighted by molar-refractivity contribution is 6.01. The van der Waals surface area contributed by atoms with Gasteiger partial charge >= 0.3 is 0 Å². The summed E-state index contributed by atoms with van der Waals surface area (Å²) in [6.07, 6.45) is 2.61. The van der Waals surface area contributed by atoms with Crippen LogP contribution >= 0.6 is 0 Å². The molecule has 6 nitrogen and oxygen atoms in total. The Morgan fingerprint density at radius 2 is 1.78 bits per heavy atom. The van der Waals surface area contributed by atoms with Crippen molar-refractivity contribution in [1.29, 1.82) is 0 Å². The van der Waals surface area contributed by atoms with E-state index in [1.165, 1.54) is 0 Å². The van der Waals surface area contributed by atoms with Crippen LogP contribution < -0.4 is 10.1 Å². The summed E-state index contributed by atoms with van der Waals surface area (Å²) in [5, 5.41) is 2.76. The number of hydrogen-bond donors (Lipinski definition) is 1. The summed E-state index contributed by atoms with van der Waals surface area (Å²) in [4.78, 5) is 39.6. The fourth-order valence-electron chi connectivity index (χ4n) is 4.81. The zero-order valence-electron chi connectivity index (χ0n) is 20.0. The van der Waals surface area contributed by atoms with Crippen molar-refractivity contribution in [3.63, 3.8) is 0 Å². The van der Waals surface area contributed by atoms with Crippen LogP contribution in [0, 0.1) is 0 Å². The van der Waals surface area contributed by atoms with Gasteiger partial charge in [0.05, 0.1) is 0 Å². The molecule has 3 aromatic rings. The Morgan fingerprint density at radius 3 is 2.58 bits per heavy atom. The molecule has 0 aliphatic carbocycles. The summed E-state index contributed by atoms with van der Waals surface area (Å²) in [5.74, 6) is 1.32. The van der Waals surface area contributed by atoms with Crippen LogP contribution in [0.15, 0.2) is 85.1 Å². The third kappa shape index (κ3) is 5.23.